The van der Waals surface area contributed by atoms with Crippen molar-refractivity contribution < 1.29 is 23.5 Å². The summed E-state index contributed by atoms with van der Waals surface area (Å²) < 4.78 is 18.9. The van der Waals surface area contributed by atoms with E-state index in [-0.39, 0.29) is 52.2 Å². The minimum atomic E-state index is -0.505. The van der Waals surface area contributed by atoms with Crippen LogP contribution in [0, 0.1) is 35.4 Å². The van der Waals surface area contributed by atoms with Gasteiger partial charge in [0.25, 0.3) is 0 Å². The number of nitrogens with zero attached hydrogens (tertiary/aromatic N) is 1. The number of imide groups is 1. The molecule has 2 aromatic carbocycles. The molecule has 4 aliphatic rings. The number of fused-ring (bicyclic) bond motifs is 9. The van der Waals surface area contributed by atoms with Gasteiger partial charge in [0.1, 0.15) is 18.1 Å². The first-order valence-electron chi connectivity index (χ1n) is 12.8. The summed E-state index contributed by atoms with van der Waals surface area (Å²) in [7, 11) is 1.62. The Bertz CT molecular complexity index is 1570. The number of ether oxygens (including phenoxy) is 1. The number of benzene rings is 2. The molecule has 200 valence electrons. The highest BCUT2D eigenvalue weighted by atomic mass is 32.2. The minimum Gasteiger partial charge on any atom is -0.496 e. The molecule has 1 saturated heterocycles. The lowest BCUT2D eigenvalue weighted by atomic mass is 9.68. The van der Waals surface area contributed by atoms with Crippen molar-refractivity contribution in [1.82, 2.24) is 9.88 Å². The average Bonchev–Trinajstić information content (AvgIpc) is 3.66. The maximum Gasteiger partial charge on any atom is 0.305 e. The van der Waals surface area contributed by atoms with Crippen LogP contribution in [-0.2, 0) is 14.4 Å². The van der Waals surface area contributed by atoms with Crippen molar-refractivity contribution in [3.05, 3.63) is 74.5 Å². The van der Waals surface area contributed by atoms with Crippen LogP contribution in [0.3, 0.4) is 0 Å². The Morgan fingerprint density at radius 2 is 1.79 bits per heavy atom. The van der Waals surface area contributed by atoms with E-state index in [1.165, 1.54) is 35.6 Å². The van der Waals surface area contributed by atoms with Gasteiger partial charge in [0.2, 0.25) is 17.7 Å². The number of carbonyl (C=O) groups excluding carboxylic acids is 3. The van der Waals surface area contributed by atoms with Gasteiger partial charge < -0.3 is 15.0 Å². The number of carbonyl (C=O) groups is 3. The highest BCUT2D eigenvalue weighted by Crippen LogP contribution is 2.68. The van der Waals surface area contributed by atoms with Crippen LogP contribution < -0.4 is 14.9 Å². The molecule has 3 amide bonds. The molecule has 2 bridgehead atoms. The number of thiazole rings is 1. The molecule has 3 fully saturated rings. The van der Waals surface area contributed by atoms with E-state index >= 15 is 0 Å². The zero-order valence-electron chi connectivity index (χ0n) is 20.8. The number of thioether (sulfide) groups is 1. The van der Waals surface area contributed by atoms with Crippen molar-refractivity contribution >= 4 is 46.5 Å². The largest absolute Gasteiger partial charge is 0.496 e. The lowest BCUT2D eigenvalue weighted by Gasteiger charge is -2.43. The summed E-state index contributed by atoms with van der Waals surface area (Å²) in [6, 6.07) is 13.1. The Morgan fingerprint density at radius 3 is 2.54 bits per heavy atom. The first-order valence-corrected chi connectivity index (χ1v) is 14.5. The molecule has 6 unspecified atom stereocenters. The summed E-state index contributed by atoms with van der Waals surface area (Å²) >= 11 is 2.82. The van der Waals surface area contributed by atoms with Gasteiger partial charge in [0.15, 0.2) is 0 Å². The fraction of sp³-hybridized carbons (Fsp3) is 0.357. The molecule has 2 aliphatic heterocycles. The monoisotopic (exact) mass is 565 g/mol. The van der Waals surface area contributed by atoms with Crippen LogP contribution in [0.2, 0.25) is 0 Å². The molecule has 2 saturated carbocycles. The highest BCUT2D eigenvalue weighted by Gasteiger charge is 2.69. The number of methoxy groups -OCH3 is 1. The number of likely N-dealkylation sites (tertiary alicyclic amines) is 1. The zero-order chi connectivity index (χ0) is 27.0. The topological polar surface area (TPSA) is 109 Å². The molecule has 3 heterocycles. The predicted octanol–water partition coefficient (Wildman–Crippen LogP) is 3.70. The Balaban J connectivity index is 1.20. The first kappa shape index (κ1) is 24.6. The van der Waals surface area contributed by atoms with Crippen molar-refractivity contribution in [2.75, 3.05) is 19.0 Å². The summed E-state index contributed by atoms with van der Waals surface area (Å²) in [5.74, 6) is -1.96. The molecule has 11 heteroatoms. The Hall–Kier alpha value is -3.44. The quantitative estimate of drug-likeness (QED) is 0.457. The summed E-state index contributed by atoms with van der Waals surface area (Å²) in [6.45, 7) is -0.374. The number of H-pyrrole nitrogens is 1. The number of para-hydroxylation sites is 1. The third-order valence-electron chi connectivity index (χ3n) is 8.72. The second-order valence-electron chi connectivity index (χ2n) is 10.5. The van der Waals surface area contributed by atoms with E-state index in [4.69, 9.17) is 4.74 Å². The molecule has 8 nitrogen and oxygen atoms in total. The van der Waals surface area contributed by atoms with Gasteiger partial charge in [-0.3, -0.25) is 24.1 Å². The van der Waals surface area contributed by atoms with Crippen LogP contribution in [0.1, 0.15) is 22.8 Å². The fourth-order valence-electron chi connectivity index (χ4n) is 7.38. The summed E-state index contributed by atoms with van der Waals surface area (Å²) in [5, 5.41) is 3.53. The SMILES string of the molecule is COc1ccccc1[C@H]1c2sc(=O)[nH]c2SC2C3CC(C4C(=O)N(CC(=O)Nc5ccc(F)cc5)C(=O)C34)C21. The zero-order valence-corrected chi connectivity index (χ0v) is 22.4. The van der Waals surface area contributed by atoms with E-state index in [9.17, 15) is 23.6 Å². The normalized spacial score (nSPS) is 30.2. The van der Waals surface area contributed by atoms with E-state index in [0.29, 0.717) is 5.69 Å². The van der Waals surface area contributed by atoms with Crippen LogP contribution in [0.15, 0.2) is 58.4 Å². The van der Waals surface area contributed by atoms with Crippen LogP contribution in [-0.4, -0.2) is 46.5 Å². The van der Waals surface area contributed by atoms with Gasteiger partial charge in [-0.15, -0.1) is 11.8 Å². The Kier molecular flexibility index (Phi) is 5.71. The third-order valence-corrected chi connectivity index (χ3v) is 11.3. The number of aromatic nitrogens is 1. The summed E-state index contributed by atoms with van der Waals surface area (Å²) in [5.41, 5.74) is 1.37. The Labute approximate surface area is 230 Å². The van der Waals surface area contributed by atoms with Crippen molar-refractivity contribution in [3.8, 4) is 5.75 Å². The standard InChI is InChI=1S/C28H24FN3O5S2/c1-37-17-5-3-2-4-14(17)19-20-15-10-16(23(20)38-25-24(19)39-28(36)31-25)22-21(15)26(34)32(27(22)35)11-18(33)30-13-8-6-12(29)7-9-13/h2-9,15-16,19-23H,10-11H2,1H3,(H,30,33)(H,31,36)/t15?,16?,19-,20?,21?,22?,23?/m1/s1. The second kappa shape index (κ2) is 9.06. The van der Waals surface area contributed by atoms with Gasteiger partial charge in [-0.25, -0.2) is 4.39 Å². The third kappa shape index (κ3) is 3.70. The molecule has 0 radical (unpaired) electrons. The van der Waals surface area contributed by atoms with Crippen LogP contribution in [0.5, 0.6) is 5.75 Å². The van der Waals surface area contributed by atoms with E-state index in [0.717, 1.165) is 32.5 Å². The average molecular weight is 566 g/mol. The van der Waals surface area contributed by atoms with E-state index in [1.807, 2.05) is 24.3 Å². The van der Waals surface area contributed by atoms with Crippen molar-refractivity contribution in [2.45, 2.75) is 22.6 Å². The predicted molar refractivity (Wildman–Crippen MR) is 143 cm³/mol. The number of anilines is 1. The van der Waals surface area contributed by atoms with Crippen molar-refractivity contribution in [3.63, 3.8) is 0 Å². The van der Waals surface area contributed by atoms with Gasteiger partial charge >= 0.3 is 4.87 Å². The smallest absolute Gasteiger partial charge is 0.305 e. The van der Waals surface area contributed by atoms with Crippen molar-refractivity contribution in [2.24, 2.45) is 29.6 Å². The van der Waals surface area contributed by atoms with Gasteiger partial charge in [-0.05, 0) is 54.5 Å². The van der Waals surface area contributed by atoms with Crippen LogP contribution >= 0.6 is 23.1 Å². The van der Waals surface area contributed by atoms with E-state index in [2.05, 4.69) is 10.3 Å². The van der Waals surface area contributed by atoms with Gasteiger partial charge in [0, 0.05) is 27.3 Å². The molecule has 0 spiro atoms. The second-order valence-corrected chi connectivity index (χ2v) is 12.7. The van der Waals surface area contributed by atoms with Gasteiger partial charge in [0.05, 0.1) is 24.0 Å². The van der Waals surface area contributed by atoms with E-state index in [1.54, 1.807) is 18.9 Å². The molecule has 7 atom stereocenters. The number of hydrogen-bond donors (Lipinski definition) is 2. The van der Waals surface area contributed by atoms with Crippen molar-refractivity contribution in [1.29, 1.82) is 0 Å². The molecule has 7 rings (SSSR count). The number of nitrogens with one attached hydrogen (secondary N) is 2. The number of aromatic amines is 1. The molecule has 2 aliphatic carbocycles. The maximum atomic E-state index is 13.7. The van der Waals surface area contributed by atoms with Gasteiger partial charge in [-0.1, -0.05) is 29.5 Å². The van der Waals surface area contributed by atoms with Crippen LogP contribution in [0.4, 0.5) is 10.1 Å². The number of rotatable bonds is 5. The lowest BCUT2D eigenvalue weighted by molar-refractivity contribution is -0.143. The number of amides is 3. The molecule has 3 aromatic rings. The fourth-order valence-corrected chi connectivity index (χ4v) is 10.3. The minimum absolute atomic E-state index is 0.0367. The summed E-state index contributed by atoms with van der Waals surface area (Å²) in [4.78, 5) is 57.4. The number of hydrogen-bond acceptors (Lipinski definition) is 7. The first-order chi connectivity index (χ1) is 18.9. The van der Waals surface area contributed by atoms with Gasteiger partial charge in [-0.2, -0.15) is 0 Å². The lowest BCUT2D eigenvalue weighted by Crippen LogP contribution is -2.42. The molecular weight excluding hydrogens is 541 g/mol. The Morgan fingerprint density at radius 1 is 1.08 bits per heavy atom. The molecule has 39 heavy (non-hydrogen) atoms. The molecule has 2 N–H and O–H groups in total. The number of halogens is 1. The molecular formula is C28H24FN3O5S2. The molecule has 1 aromatic heterocycles. The maximum absolute atomic E-state index is 13.7. The summed E-state index contributed by atoms with van der Waals surface area (Å²) in [6.07, 6.45) is 0.760. The highest BCUT2D eigenvalue weighted by molar-refractivity contribution is 8.00. The van der Waals surface area contributed by atoms with Crippen LogP contribution in [0.25, 0.3) is 0 Å². The van der Waals surface area contributed by atoms with E-state index < -0.39 is 23.6 Å².